The number of carboxylic acid groups (broad SMARTS) is 1. The van der Waals surface area contributed by atoms with Gasteiger partial charge < -0.3 is 15.3 Å². The van der Waals surface area contributed by atoms with Crippen LogP contribution >= 0.6 is 11.8 Å². The molecule has 2 atom stereocenters. The summed E-state index contributed by atoms with van der Waals surface area (Å²) in [5.74, 6) is -0.465. The van der Waals surface area contributed by atoms with E-state index in [0.29, 0.717) is 18.1 Å². The first-order chi connectivity index (χ1) is 9.14. The largest absolute Gasteiger partial charge is 0.480 e. The molecular formula is C11H20N2O5S2. The van der Waals surface area contributed by atoms with Crippen LogP contribution in [0.5, 0.6) is 0 Å². The third kappa shape index (κ3) is 4.27. The highest BCUT2D eigenvalue weighted by molar-refractivity contribution is 8.00. The minimum absolute atomic E-state index is 0.285. The molecule has 1 aliphatic rings. The highest BCUT2D eigenvalue weighted by atomic mass is 32.2. The molecule has 7 nitrogen and oxygen atoms in total. The van der Waals surface area contributed by atoms with Crippen LogP contribution in [0, 0.1) is 5.92 Å². The molecule has 2 N–H and O–H groups in total. The monoisotopic (exact) mass is 324 g/mol. The Kier molecular flexibility index (Phi) is 5.69. The van der Waals surface area contributed by atoms with E-state index < -0.39 is 33.3 Å². The smallest absolute Gasteiger partial charge is 0.326 e. The second kappa shape index (κ2) is 6.66. The highest BCUT2D eigenvalue weighted by Crippen LogP contribution is 2.20. The number of carboxylic acids is 1. The van der Waals surface area contributed by atoms with Gasteiger partial charge in [-0.3, -0.25) is 0 Å². The van der Waals surface area contributed by atoms with Crippen molar-refractivity contribution in [1.29, 1.82) is 0 Å². The number of sulfone groups is 1. The number of hydrogen-bond acceptors (Lipinski definition) is 5. The molecule has 1 aliphatic heterocycles. The van der Waals surface area contributed by atoms with Gasteiger partial charge in [0.1, 0.15) is 11.4 Å². The average Bonchev–Trinajstić information content (AvgIpc) is 2.33. The molecule has 0 aliphatic carbocycles. The summed E-state index contributed by atoms with van der Waals surface area (Å²) in [4.78, 5) is 24.4. The minimum atomic E-state index is -3.40. The number of nitrogens with one attached hydrogen (secondary N) is 1. The van der Waals surface area contributed by atoms with Crippen LogP contribution in [0.15, 0.2) is 0 Å². The third-order valence-electron chi connectivity index (χ3n) is 3.05. The van der Waals surface area contributed by atoms with E-state index in [9.17, 15) is 18.0 Å². The molecule has 1 heterocycles. The number of carbonyl (C=O) groups is 2. The Bertz CT molecular complexity index is 477. The number of carbonyl (C=O) groups excluding carboxylic acids is 1. The van der Waals surface area contributed by atoms with E-state index in [4.69, 9.17) is 5.11 Å². The van der Waals surface area contributed by atoms with Gasteiger partial charge in [-0.25, -0.2) is 18.0 Å². The van der Waals surface area contributed by atoms with Gasteiger partial charge in [-0.1, -0.05) is 13.8 Å². The molecule has 1 unspecified atom stereocenters. The molecule has 9 heteroatoms. The van der Waals surface area contributed by atoms with E-state index in [1.54, 1.807) is 13.8 Å². The first-order valence-electron chi connectivity index (χ1n) is 6.21. The lowest BCUT2D eigenvalue weighted by molar-refractivity contribution is -0.140. The number of amides is 2. The predicted octanol–water partition coefficient (Wildman–Crippen LogP) is 0.225. The van der Waals surface area contributed by atoms with Crippen LogP contribution in [0.25, 0.3) is 0 Å². The van der Waals surface area contributed by atoms with Crippen molar-refractivity contribution >= 4 is 33.6 Å². The van der Waals surface area contributed by atoms with Gasteiger partial charge in [-0.05, 0) is 5.92 Å². The molecule has 1 rings (SSSR count). The normalized spacial score (nSPS) is 21.6. The van der Waals surface area contributed by atoms with Crippen molar-refractivity contribution in [1.82, 2.24) is 10.2 Å². The van der Waals surface area contributed by atoms with Crippen LogP contribution in [0.3, 0.4) is 0 Å². The fraction of sp³-hybridized carbons (Fsp3) is 0.818. The molecule has 0 aromatic carbocycles. The van der Waals surface area contributed by atoms with Crippen LogP contribution in [0.1, 0.15) is 13.8 Å². The molecular weight excluding hydrogens is 304 g/mol. The molecule has 0 saturated carbocycles. The zero-order chi connectivity index (χ0) is 15.5. The van der Waals surface area contributed by atoms with E-state index in [0.717, 1.165) is 6.26 Å². The summed E-state index contributed by atoms with van der Waals surface area (Å²) in [6.07, 6.45) is 1.08. The summed E-state index contributed by atoms with van der Waals surface area (Å²) >= 11 is 1.47. The van der Waals surface area contributed by atoms with Gasteiger partial charge in [-0.15, -0.1) is 0 Å². The summed E-state index contributed by atoms with van der Waals surface area (Å²) in [6.45, 7) is 3.65. The fourth-order valence-electron chi connectivity index (χ4n) is 1.90. The quantitative estimate of drug-likeness (QED) is 0.767. The van der Waals surface area contributed by atoms with Crippen molar-refractivity contribution in [2.45, 2.75) is 25.3 Å². The summed E-state index contributed by atoms with van der Waals surface area (Å²) in [6, 6.07) is -1.67. The van der Waals surface area contributed by atoms with Crippen LogP contribution in [-0.4, -0.2) is 66.1 Å². The van der Waals surface area contributed by atoms with Gasteiger partial charge >= 0.3 is 12.0 Å². The van der Waals surface area contributed by atoms with Gasteiger partial charge in [-0.2, -0.15) is 11.8 Å². The van der Waals surface area contributed by atoms with Crippen molar-refractivity contribution in [2.24, 2.45) is 5.92 Å². The topological polar surface area (TPSA) is 104 Å². The van der Waals surface area contributed by atoms with Crippen molar-refractivity contribution < 1.29 is 23.1 Å². The SMILES string of the molecule is CC(C)[C@H](NC(=O)N1CCSCC1S(C)(=O)=O)C(=O)O. The maximum absolute atomic E-state index is 12.2. The van der Waals surface area contributed by atoms with Gasteiger partial charge in [0.25, 0.3) is 0 Å². The second-order valence-electron chi connectivity index (χ2n) is 5.06. The summed E-state index contributed by atoms with van der Waals surface area (Å²) < 4.78 is 23.4. The van der Waals surface area contributed by atoms with Gasteiger partial charge in [0, 0.05) is 24.3 Å². The van der Waals surface area contributed by atoms with Gasteiger partial charge in [0.2, 0.25) is 0 Å². The molecule has 0 bridgehead atoms. The summed E-state index contributed by atoms with van der Waals surface area (Å²) in [5.41, 5.74) is 0. The Hall–Kier alpha value is -0.960. The molecule has 1 saturated heterocycles. The van der Waals surface area contributed by atoms with Crippen LogP contribution in [0.2, 0.25) is 0 Å². The zero-order valence-electron chi connectivity index (χ0n) is 11.7. The van der Waals surface area contributed by atoms with Crippen molar-refractivity contribution in [2.75, 3.05) is 24.3 Å². The molecule has 20 heavy (non-hydrogen) atoms. The molecule has 0 aromatic heterocycles. The van der Waals surface area contributed by atoms with Gasteiger partial charge in [0.15, 0.2) is 9.84 Å². The van der Waals surface area contributed by atoms with E-state index in [2.05, 4.69) is 5.32 Å². The maximum atomic E-state index is 12.2. The molecule has 0 aromatic rings. The Morgan fingerprint density at radius 1 is 1.40 bits per heavy atom. The number of aliphatic carboxylic acids is 1. The first-order valence-corrected chi connectivity index (χ1v) is 9.32. The lowest BCUT2D eigenvalue weighted by Crippen LogP contribution is -2.57. The summed E-state index contributed by atoms with van der Waals surface area (Å²) in [7, 11) is -3.40. The maximum Gasteiger partial charge on any atom is 0.326 e. The Morgan fingerprint density at radius 3 is 2.45 bits per heavy atom. The van der Waals surface area contributed by atoms with Gasteiger partial charge in [0.05, 0.1) is 0 Å². The zero-order valence-corrected chi connectivity index (χ0v) is 13.3. The molecule has 2 amide bonds. The lowest BCUT2D eigenvalue weighted by Gasteiger charge is -2.35. The van der Waals surface area contributed by atoms with Crippen molar-refractivity contribution in [3.63, 3.8) is 0 Å². The van der Waals surface area contributed by atoms with Crippen molar-refractivity contribution in [3.05, 3.63) is 0 Å². The number of rotatable bonds is 4. The molecule has 0 spiro atoms. The number of urea groups is 1. The van der Waals surface area contributed by atoms with Crippen LogP contribution < -0.4 is 5.32 Å². The number of thioether (sulfide) groups is 1. The minimum Gasteiger partial charge on any atom is -0.480 e. The Morgan fingerprint density at radius 2 is 2.00 bits per heavy atom. The average molecular weight is 324 g/mol. The second-order valence-corrected chi connectivity index (χ2v) is 8.41. The van der Waals surface area contributed by atoms with Crippen molar-refractivity contribution in [3.8, 4) is 0 Å². The Labute approximate surface area is 123 Å². The van der Waals surface area contributed by atoms with E-state index in [1.165, 1.54) is 16.7 Å². The number of hydrogen-bond donors (Lipinski definition) is 2. The Balaban J connectivity index is 2.86. The van der Waals surface area contributed by atoms with Crippen LogP contribution in [0.4, 0.5) is 4.79 Å². The van der Waals surface area contributed by atoms with E-state index in [1.807, 2.05) is 0 Å². The predicted molar refractivity (Wildman–Crippen MR) is 77.5 cm³/mol. The van der Waals surface area contributed by atoms with Crippen LogP contribution in [-0.2, 0) is 14.6 Å². The molecule has 1 fully saturated rings. The molecule has 116 valence electrons. The van der Waals surface area contributed by atoms with E-state index in [-0.39, 0.29) is 5.92 Å². The standard InChI is InChI=1S/C11H20N2O5S2/c1-7(2)9(10(14)15)12-11(16)13-4-5-19-6-8(13)20(3,17)18/h7-9H,4-6H2,1-3H3,(H,12,16)(H,14,15)/t8?,9-/m0/s1. The number of nitrogens with zero attached hydrogens (tertiary/aromatic N) is 1. The fourth-order valence-corrected chi connectivity index (χ4v) is 4.71. The van der Waals surface area contributed by atoms with E-state index >= 15 is 0 Å². The highest BCUT2D eigenvalue weighted by Gasteiger charge is 2.36. The first kappa shape index (κ1) is 17.1. The lowest BCUT2D eigenvalue weighted by atomic mass is 10.1. The molecule has 0 radical (unpaired) electrons. The summed E-state index contributed by atoms with van der Waals surface area (Å²) in [5, 5.41) is 10.6. The third-order valence-corrected chi connectivity index (χ3v) is 5.69.